The Morgan fingerprint density at radius 3 is 2.47 bits per heavy atom. The van der Waals surface area contributed by atoms with Gasteiger partial charge in [-0.1, -0.05) is 63.2 Å². The molecule has 1 amide bonds. The predicted octanol–water partition coefficient (Wildman–Crippen LogP) is 4.39. The number of benzene rings is 3. The van der Waals surface area contributed by atoms with Gasteiger partial charge in [0.1, 0.15) is 18.5 Å². The van der Waals surface area contributed by atoms with Crippen molar-refractivity contribution < 1.29 is 14.6 Å². The molecule has 0 aliphatic heterocycles. The Morgan fingerprint density at radius 2 is 1.77 bits per heavy atom. The average molecular weight is 407 g/mol. The molecule has 5 heteroatoms. The summed E-state index contributed by atoms with van der Waals surface area (Å²) in [6.07, 6.45) is 0.272. The van der Waals surface area contributed by atoms with Crippen LogP contribution in [-0.4, -0.2) is 36.3 Å². The first-order valence-corrected chi connectivity index (χ1v) is 10.4. The SMILES string of the molecule is CCc1ccc(NC(=O)c2ccc3ccccc3c2OCC(O)CNC(C)C)cc1. The molecule has 0 bridgehead atoms. The van der Waals surface area contributed by atoms with Gasteiger partial charge in [0.25, 0.3) is 5.91 Å². The number of aliphatic hydroxyl groups excluding tert-OH is 1. The Morgan fingerprint density at radius 1 is 1.03 bits per heavy atom. The zero-order valence-electron chi connectivity index (χ0n) is 17.8. The number of amides is 1. The van der Waals surface area contributed by atoms with Crippen LogP contribution in [0.3, 0.4) is 0 Å². The normalized spacial score (nSPS) is 12.2. The lowest BCUT2D eigenvalue weighted by Gasteiger charge is -2.18. The van der Waals surface area contributed by atoms with Gasteiger partial charge in [-0.15, -0.1) is 0 Å². The lowest BCUT2D eigenvalue weighted by molar-refractivity contribution is 0.0978. The Labute approximate surface area is 178 Å². The molecule has 3 N–H and O–H groups in total. The maximum atomic E-state index is 13.0. The minimum Gasteiger partial charge on any atom is -0.489 e. The quantitative estimate of drug-likeness (QED) is 0.493. The molecule has 1 atom stereocenters. The molecule has 0 radical (unpaired) electrons. The van der Waals surface area contributed by atoms with Gasteiger partial charge >= 0.3 is 0 Å². The topological polar surface area (TPSA) is 70.6 Å². The molecule has 3 rings (SSSR count). The third-order valence-corrected chi connectivity index (χ3v) is 4.93. The van der Waals surface area contributed by atoms with E-state index in [1.807, 2.05) is 68.4 Å². The van der Waals surface area contributed by atoms with Gasteiger partial charge < -0.3 is 20.5 Å². The number of rotatable bonds is 9. The molecule has 0 aromatic heterocycles. The van der Waals surface area contributed by atoms with Gasteiger partial charge in [0.15, 0.2) is 0 Å². The summed E-state index contributed by atoms with van der Waals surface area (Å²) in [5.41, 5.74) is 2.39. The van der Waals surface area contributed by atoms with Crippen LogP contribution in [0.15, 0.2) is 60.7 Å². The first-order chi connectivity index (χ1) is 14.5. The van der Waals surface area contributed by atoms with Gasteiger partial charge in [-0.05, 0) is 35.6 Å². The number of anilines is 1. The van der Waals surface area contributed by atoms with Crippen LogP contribution >= 0.6 is 0 Å². The number of carbonyl (C=O) groups is 1. The van der Waals surface area contributed by atoms with E-state index in [-0.39, 0.29) is 18.6 Å². The van der Waals surface area contributed by atoms with Gasteiger partial charge in [0.05, 0.1) is 5.56 Å². The van der Waals surface area contributed by atoms with Crippen molar-refractivity contribution in [1.29, 1.82) is 0 Å². The summed E-state index contributed by atoms with van der Waals surface area (Å²) in [5.74, 6) is 0.245. The maximum Gasteiger partial charge on any atom is 0.259 e. The number of fused-ring (bicyclic) bond motifs is 1. The van der Waals surface area contributed by atoms with Crippen molar-refractivity contribution in [2.45, 2.75) is 39.3 Å². The average Bonchev–Trinajstić information content (AvgIpc) is 2.76. The number of hydrogen-bond acceptors (Lipinski definition) is 4. The van der Waals surface area contributed by atoms with E-state index in [2.05, 4.69) is 17.6 Å². The third-order valence-electron chi connectivity index (χ3n) is 4.93. The molecule has 5 nitrogen and oxygen atoms in total. The van der Waals surface area contributed by atoms with Crippen LogP contribution < -0.4 is 15.4 Å². The van der Waals surface area contributed by atoms with E-state index < -0.39 is 6.10 Å². The molecule has 3 aromatic carbocycles. The van der Waals surface area contributed by atoms with Crippen LogP contribution in [-0.2, 0) is 6.42 Å². The molecule has 0 spiro atoms. The predicted molar refractivity (Wildman–Crippen MR) is 122 cm³/mol. The number of nitrogens with one attached hydrogen (secondary N) is 2. The van der Waals surface area contributed by atoms with Gasteiger partial charge in [-0.2, -0.15) is 0 Å². The van der Waals surface area contributed by atoms with Gasteiger partial charge in [0, 0.05) is 23.7 Å². The van der Waals surface area contributed by atoms with Crippen LogP contribution in [0.1, 0.15) is 36.7 Å². The highest BCUT2D eigenvalue weighted by atomic mass is 16.5. The number of carbonyl (C=O) groups excluding carboxylic acids is 1. The molecule has 1 unspecified atom stereocenters. The monoisotopic (exact) mass is 406 g/mol. The van der Waals surface area contributed by atoms with Gasteiger partial charge in [-0.25, -0.2) is 0 Å². The van der Waals surface area contributed by atoms with Crippen molar-refractivity contribution in [1.82, 2.24) is 5.32 Å². The number of hydrogen-bond donors (Lipinski definition) is 3. The minimum atomic E-state index is -0.677. The van der Waals surface area contributed by atoms with E-state index in [0.717, 1.165) is 22.9 Å². The fraction of sp³-hybridized carbons (Fsp3) is 0.320. The summed E-state index contributed by atoms with van der Waals surface area (Å²) in [4.78, 5) is 13.0. The van der Waals surface area contributed by atoms with Crippen molar-refractivity contribution in [3.05, 3.63) is 71.8 Å². The fourth-order valence-corrected chi connectivity index (χ4v) is 3.21. The number of ether oxygens (including phenoxy) is 1. The lowest BCUT2D eigenvalue weighted by atomic mass is 10.0. The van der Waals surface area contributed by atoms with Crippen LogP contribution in [0, 0.1) is 0 Å². The summed E-state index contributed by atoms with van der Waals surface area (Å²) < 4.78 is 5.99. The molecular weight excluding hydrogens is 376 g/mol. The highest BCUT2D eigenvalue weighted by molar-refractivity contribution is 6.10. The standard InChI is InChI=1S/C25H30N2O3/c1-4-18-9-12-20(13-10-18)27-25(29)23-14-11-19-7-5-6-8-22(19)24(23)30-16-21(28)15-26-17(2)3/h5-14,17,21,26,28H,4,15-16H2,1-3H3,(H,27,29). The molecule has 0 heterocycles. The molecular formula is C25H30N2O3. The highest BCUT2D eigenvalue weighted by Crippen LogP contribution is 2.31. The molecule has 0 fully saturated rings. The Kier molecular flexibility index (Phi) is 7.44. The van der Waals surface area contributed by atoms with Gasteiger partial charge in [0.2, 0.25) is 0 Å². The molecule has 0 aliphatic carbocycles. The van der Waals surface area contributed by atoms with Crippen LogP contribution in [0.5, 0.6) is 5.75 Å². The van der Waals surface area contributed by atoms with Crippen LogP contribution in [0.2, 0.25) is 0 Å². The van der Waals surface area contributed by atoms with Crippen LogP contribution in [0.25, 0.3) is 10.8 Å². The summed E-state index contributed by atoms with van der Waals surface area (Å²) in [6, 6.07) is 19.5. The van der Waals surface area contributed by atoms with E-state index in [9.17, 15) is 9.90 Å². The first-order valence-electron chi connectivity index (χ1n) is 10.4. The van der Waals surface area contributed by atoms with Crippen molar-refractivity contribution in [3.63, 3.8) is 0 Å². The summed E-state index contributed by atoms with van der Waals surface area (Å²) in [7, 11) is 0. The number of aliphatic hydroxyl groups is 1. The van der Waals surface area contributed by atoms with E-state index in [1.54, 1.807) is 6.07 Å². The molecule has 3 aromatic rings. The second-order valence-corrected chi connectivity index (χ2v) is 7.70. The molecule has 30 heavy (non-hydrogen) atoms. The second kappa shape index (κ2) is 10.2. The third kappa shape index (κ3) is 5.59. The minimum absolute atomic E-state index is 0.0964. The van der Waals surface area contributed by atoms with E-state index in [1.165, 1.54) is 5.56 Å². The number of aryl methyl sites for hydroxylation is 1. The highest BCUT2D eigenvalue weighted by Gasteiger charge is 2.17. The summed E-state index contributed by atoms with van der Waals surface area (Å²) >= 11 is 0. The molecule has 0 saturated heterocycles. The molecule has 0 saturated carbocycles. The van der Waals surface area contributed by atoms with Crippen molar-refractivity contribution in [2.24, 2.45) is 0 Å². The summed E-state index contributed by atoms with van der Waals surface area (Å²) in [6.45, 7) is 6.66. The first kappa shape index (κ1) is 21.8. The second-order valence-electron chi connectivity index (χ2n) is 7.70. The van der Waals surface area contributed by atoms with Crippen molar-refractivity contribution >= 4 is 22.4 Å². The Balaban J connectivity index is 1.83. The zero-order chi connectivity index (χ0) is 21.5. The van der Waals surface area contributed by atoms with E-state index in [0.29, 0.717) is 17.9 Å². The smallest absolute Gasteiger partial charge is 0.259 e. The lowest BCUT2D eigenvalue weighted by Crippen LogP contribution is -2.35. The van der Waals surface area contributed by atoms with Crippen LogP contribution in [0.4, 0.5) is 5.69 Å². The van der Waals surface area contributed by atoms with E-state index >= 15 is 0 Å². The molecule has 158 valence electrons. The maximum absolute atomic E-state index is 13.0. The molecule has 0 aliphatic rings. The largest absolute Gasteiger partial charge is 0.489 e. The zero-order valence-corrected chi connectivity index (χ0v) is 17.8. The van der Waals surface area contributed by atoms with Crippen molar-refractivity contribution in [2.75, 3.05) is 18.5 Å². The Bertz CT molecular complexity index is 983. The summed E-state index contributed by atoms with van der Waals surface area (Å²) in [5, 5.41) is 18.2. The Hall–Kier alpha value is -2.89. The van der Waals surface area contributed by atoms with Crippen molar-refractivity contribution in [3.8, 4) is 5.75 Å². The van der Waals surface area contributed by atoms with Gasteiger partial charge in [-0.3, -0.25) is 4.79 Å². The fourth-order valence-electron chi connectivity index (χ4n) is 3.21. The van der Waals surface area contributed by atoms with E-state index in [4.69, 9.17) is 4.74 Å².